The number of hydrogen-bond acceptors (Lipinski definition) is 6. The first-order chi connectivity index (χ1) is 17.5. The molecule has 8 heteroatoms. The molecule has 0 spiro atoms. The zero-order valence-electron chi connectivity index (χ0n) is 21.3. The Hall–Kier alpha value is -3.36. The molecule has 2 heterocycles. The van der Waals surface area contributed by atoms with Crippen LogP contribution in [0.3, 0.4) is 0 Å². The first kappa shape index (κ1) is 25.7. The third kappa shape index (κ3) is 5.88. The molecule has 0 saturated carbocycles. The van der Waals surface area contributed by atoms with E-state index in [0.717, 1.165) is 39.0 Å². The molecule has 0 atom stereocenters. The molecular formula is C28H35N3O5. The molecule has 3 aromatic rings. The van der Waals surface area contributed by atoms with Crippen LogP contribution in [0.5, 0.6) is 5.75 Å². The predicted octanol–water partition coefficient (Wildman–Crippen LogP) is 4.66. The Balaban J connectivity index is 1.46. The van der Waals surface area contributed by atoms with E-state index in [9.17, 15) is 9.59 Å². The minimum Gasteiger partial charge on any atom is -0.497 e. The Kier molecular flexibility index (Phi) is 8.61. The van der Waals surface area contributed by atoms with Gasteiger partial charge in [-0.3, -0.25) is 9.59 Å². The molecule has 4 rings (SSSR count). The van der Waals surface area contributed by atoms with Gasteiger partial charge in [-0.15, -0.1) is 0 Å². The fraction of sp³-hybridized carbons (Fsp3) is 0.429. The van der Waals surface area contributed by atoms with Gasteiger partial charge in [-0.25, -0.2) is 0 Å². The van der Waals surface area contributed by atoms with Crippen LogP contribution in [0.4, 0.5) is 5.69 Å². The Morgan fingerprint density at radius 1 is 1.11 bits per heavy atom. The van der Waals surface area contributed by atoms with E-state index in [1.165, 1.54) is 0 Å². The number of nitrogens with zero attached hydrogens (tertiary/aromatic N) is 2. The number of ether oxygens (including phenoxy) is 2. The van der Waals surface area contributed by atoms with Gasteiger partial charge < -0.3 is 29.0 Å². The topological polar surface area (TPSA) is 84.3 Å². The second kappa shape index (κ2) is 12.1. The van der Waals surface area contributed by atoms with E-state index >= 15 is 0 Å². The van der Waals surface area contributed by atoms with Crippen LogP contribution >= 0.6 is 0 Å². The Bertz CT molecular complexity index is 1170. The average molecular weight is 494 g/mol. The summed E-state index contributed by atoms with van der Waals surface area (Å²) in [4.78, 5) is 30.8. The van der Waals surface area contributed by atoms with Crippen molar-refractivity contribution in [2.24, 2.45) is 0 Å². The van der Waals surface area contributed by atoms with E-state index in [2.05, 4.69) is 17.3 Å². The zero-order valence-corrected chi connectivity index (χ0v) is 21.3. The van der Waals surface area contributed by atoms with Crippen molar-refractivity contribution in [2.45, 2.75) is 32.2 Å². The van der Waals surface area contributed by atoms with Crippen molar-refractivity contribution < 1.29 is 23.5 Å². The summed E-state index contributed by atoms with van der Waals surface area (Å²) in [5, 5.41) is 3.63. The quantitative estimate of drug-likeness (QED) is 0.414. The molecule has 0 aliphatic carbocycles. The Morgan fingerprint density at radius 3 is 2.53 bits per heavy atom. The number of nitrogens with one attached hydrogen (secondary N) is 1. The molecule has 1 saturated heterocycles. The standard InChI is InChI=1S/C28H35N3O5/c1-4-35-19-7-16-30(2)21-14-17-31(18-15-21)28(33)26-25(23-8-5-6-9-24(23)36-26)29-27(32)20-10-12-22(34-3)13-11-20/h5-6,8-13,21H,4,7,14-19H2,1-3H3,(H,29,32). The number of para-hydroxylation sites is 1. The van der Waals surface area contributed by atoms with Crippen LogP contribution in [-0.2, 0) is 4.74 Å². The number of amides is 2. The molecule has 1 N–H and O–H groups in total. The number of benzene rings is 2. The van der Waals surface area contributed by atoms with Crippen molar-refractivity contribution in [3.05, 3.63) is 59.9 Å². The van der Waals surface area contributed by atoms with E-state index in [1.807, 2.05) is 30.0 Å². The van der Waals surface area contributed by atoms with E-state index in [4.69, 9.17) is 13.9 Å². The summed E-state index contributed by atoms with van der Waals surface area (Å²) in [6.45, 7) is 5.78. The highest BCUT2D eigenvalue weighted by Crippen LogP contribution is 2.33. The maximum absolute atomic E-state index is 13.5. The summed E-state index contributed by atoms with van der Waals surface area (Å²) in [6.07, 6.45) is 2.79. The van der Waals surface area contributed by atoms with Crippen LogP contribution in [0.1, 0.15) is 47.1 Å². The fourth-order valence-corrected chi connectivity index (χ4v) is 4.64. The van der Waals surface area contributed by atoms with Crippen LogP contribution in [0, 0.1) is 0 Å². The van der Waals surface area contributed by atoms with Gasteiger partial charge in [0.15, 0.2) is 0 Å². The van der Waals surface area contributed by atoms with Gasteiger partial charge in [0.2, 0.25) is 5.76 Å². The molecule has 1 aliphatic rings. The molecule has 2 amide bonds. The van der Waals surface area contributed by atoms with Crippen LogP contribution in [0.25, 0.3) is 11.0 Å². The van der Waals surface area contributed by atoms with Crippen LogP contribution in [0.2, 0.25) is 0 Å². The largest absolute Gasteiger partial charge is 0.497 e. The van der Waals surface area contributed by atoms with Crippen molar-refractivity contribution in [3.8, 4) is 5.75 Å². The average Bonchev–Trinajstić information content (AvgIpc) is 3.29. The fourth-order valence-electron chi connectivity index (χ4n) is 4.64. The normalized spacial score (nSPS) is 14.4. The molecule has 0 bridgehead atoms. The molecule has 192 valence electrons. The summed E-state index contributed by atoms with van der Waals surface area (Å²) in [5.41, 5.74) is 1.44. The molecule has 36 heavy (non-hydrogen) atoms. The van der Waals surface area contributed by atoms with Crippen molar-refractivity contribution in [3.63, 3.8) is 0 Å². The van der Waals surface area contributed by atoms with Crippen LogP contribution in [0.15, 0.2) is 52.9 Å². The molecule has 0 radical (unpaired) electrons. The van der Waals surface area contributed by atoms with Crippen molar-refractivity contribution >= 4 is 28.5 Å². The number of hydrogen-bond donors (Lipinski definition) is 1. The SMILES string of the molecule is CCOCCCN(C)C1CCN(C(=O)c2oc3ccccc3c2NC(=O)c2ccc(OC)cc2)CC1. The minimum atomic E-state index is -0.314. The lowest BCUT2D eigenvalue weighted by molar-refractivity contribution is 0.0606. The number of carbonyl (C=O) groups is 2. The summed E-state index contributed by atoms with van der Waals surface area (Å²) in [5.74, 6) is 0.320. The maximum atomic E-state index is 13.5. The lowest BCUT2D eigenvalue weighted by Gasteiger charge is -2.36. The molecular weight excluding hydrogens is 458 g/mol. The number of rotatable bonds is 10. The lowest BCUT2D eigenvalue weighted by Crippen LogP contribution is -2.46. The monoisotopic (exact) mass is 493 g/mol. The summed E-state index contributed by atoms with van der Waals surface area (Å²) < 4.78 is 16.6. The van der Waals surface area contributed by atoms with Gasteiger partial charge in [-0.05, 0) is 69.6 Å². The van der Waals surface area contributed by atoms with Gasteiger partial charge in [0.1, 0.15) is 17.0 Å². The summed E-state index contributed by atoms with van der Waals surface area (Å²) in [6, 6.07) is 14.6. The second-order valence-corrected chi connectivity index (χ2v) is 9.04. The molecule has 1 fully saturated rings. The van der Waals surface area contributed by atoms with Crippen LogP contribution < -0.4 is 10.1 Å². The number of piperidine rings is 1. The molecule has 1 aliphatic heterocycles. The Morgan fingerprint density at radius 2 is 1.83 bits per heavy atom. The van der Waals surface area contributed by atoms with Gasteiger partial charge in [-0.2, -0.15) is 0 Å². The lowest BCUT2D eigenvalue weighted by atomic mass is 10.0. The van der Waals surface area contributed by atoms with E-state index in [0.29, 0.717) is 47.1 Å². The van der Waals surface area contributed by atoms with Crippen molar-refractivity contribution in [2.75, 3.05) is 52.3 Å². The van der Waals surface area contributed by atoms with Gasteiger partial charge >= 0.3 is 0 Å². The van der Waals surface area contributed by atoms with E-state index < -0.39 is 0 Å². The highest BCUT2D eigenvalue weighted by Gasteiger charge is 2.30. The highest BCUT2D eigenvalue weighted by atomic mass is 16.5. The first-order valence-corrected chi connectivity index (χ1v) is 12.6. The minimum absolute atomic E-state index is 0.168. The highest BCUT2D eigenvalue weighted by molar-refractivity contribution is 6.14. The third-order valence-electron chi connectivity index (χ3n) is 6.76. The number of furan rings is 1. The molecule has 8 nitrogen and oxygen atoms in total. The van der Waals surface area contributed by atoms with E-state index in [-0.39, 0.29) is 17.6 Å². The number of fused-ring (bicyclic) bond motifs is 1. The van der Waals surface area contributed by atoms with Gasteiger partial charge in [-0.1, -0.05) is 12.1 Å². The maximum Gasteiger partial charge on any atom is 0.291 e. The number of anilines is 1. The number of likely N-dealkylation sites (tertiary alicyclic amines) is 1. The zero-order chi connectivity index (χ0) is 25.5. The predicted molar refractivity (Wildman–Crippen MR) is 140 cm³/mol. The van der Waals surface area contributed by atoms with Gasteiger partial charge in [0.05, 0.1) is 7.11 Å². The van der Waals surface area contributed by atoms with Crippen molar-refractivity contribution in [1.29, 1.82) is 0 Å². The van der Waals surface area contributed by atoms with E-state index in [1.54, 1.807) is 37.4 Å². The molecule has 2 aromatic carbocycles. The summed E-state index contributed by atoms with van der Waals surface area (Å²) >= 11 is 0. The number of methoxy groups -OCH3 is 1. The van der Waals surface area contributed by atoms with Gasteiger partial charge in [0, 0.05) is 49.8 Å². The van der Waals surface area contributed by atoms with Crippen LogP contribution in [-0.4, -0.2) is 74.7 Å². The Labute approximate surface area is 212 Å². The first-order valence-electron chi connectivity index (χ1n) is 12.6. The van der Waals surface area contributed by atoms with Crippen molar-refractivity contribution in [1.82, 2.24) is 9.80 Å². The third-order valence-corrected chi connectivity index (χ3v) is 6.76. The molecule has 1 aromatic heterocycles. The molecule has 0 unspecified atom stereocenters. The summed E-state index contributed by atoms with van der Waals surface area (Å²) in [7, 11) is 3.72. The second-order valence-electron chi connectivity index (χ2n) is 9.04. The smallest absolute Gasteiger partial charge is 0.291 e. The van der Waals surface area contributed by atoms with Gasteiger partial charge in [0.25, 0.3) is 11.8 Å². The number of carbonyl (C=O) groups excluding carboxylic acids is 2.